The van der Waals surface area contributed by atoms with Gasteiger partial charge in [-0.2, -0.15) is 0 Å². The van der Waals surface area contributed by atoms with Crippen LogP contribution in [0, 0.1) is 0 Å². The van der Waals surface area contributed by atoms with Crippen molar-refractivity contribution in [3.05, 3.63) is 57.2 Å². The first-order valence-electron chi connectivity index (χ1n) is 5.81. The molecule has 2 rings (SSSR count). The van der Waals surface area contributed by atoms with E-state index in [2.05, 4.69) is 42.2 Å². The van der Waals surface area contributed by atoms with Crippen LogP contribution in [0.25, 0.3) is 0 Å². The Balaban J connectivity index is 2.34. The van der Waals surface area contributed by atoms with E-state index in [0.717, 1.165) is 20.2 Å². The molecule has 20 heavy (non-hydrogen) atoms. The van der Waals surface area contributed by atoms with Crippen molar-refractivity contribution >= 4 is 43.5 Å². The summed E-state index contributed by atoms with van der Waals surface area (Å²) < 4.78 is 6.53. The highest BCUT2D eigenvalue weighted by atomic mass is 79.9. The molecule has 1 aromatic carbocycles. The summed E-state index contributed by atoms with van der Waals surface area (Å²) >= 11 is 6.79. The Kier molecular flexibility index (Phi) is 5.14. The molecule has 6 heteroatoms. The highest BCUT2D eigenvalue weighted by Gasteiger charge is 2.22. The van der Waals surface area contributed by atoms with Crippen molar-refractivity contribution in [2.45, 2.75) is 6.04 Å². The number of esters is 1. The zero-order valence-electron chi connectivity index (χ0n) is 10.6. The van der Waals surface area contributed by atoms with Crippen molar-refractivity contribution in [3.8, 4) is 0 Å². The predicted octanol–water partition coefficient (Wildman–Crippen LogP) is 3.93. The Morgan fingerprint density at radius 1 is 1.30 bits per heavy atom. The van der Waals surface area contributed by atoms with E-state index < -0.39 is 6.04 Å². The van der Waals surface area contributed by atoms with Gasteiger partial charge in [0.2, 0.25) is 0 Å². The summed E-state index contributed by atoms with van der Waals surface area (Å²) in [6.45, 7) is 0. The van der Waals surface area contributed by atoms with Crippen molar-refractivity contribution in [3.63, 3.8) is 0 Å². The quantitative estimate of drug-likeness (QED) is 0.791. The molecule has 1 unspecified atom stereocenters. The second-order valence-corrected chi connectivity index (χ2v) is 5.79. The van der Waals surface area contributed by atoms with Crippen LogP contribution in [0.3, 0.4) is 0 Å². The van der Waals surface area contributed by atoms with Crippen LogP contribution in [0.4, 0.5) is 5.69 Å². The van der Waals surface area contributed by atoms with E-state index in [-0.39, 0.29) is 5.97 Å². The Labute approximate surface area is 133 Å². The molecule has 0 radical (unpaired) electrons. The number of anilines is 1. The number of benzene rings is 1. The van der Waals surface area contributed by atoms with E-state index in [1.807, 2.05) is 30.3 Å². The molecule has 0 bridgehead atoms. The maximum absolute atomic E-state index is 12.0. The number of carbonyl (C=O) groups excluding carboxylic acids is 1. The molecule has 0 aliphatic rings. The highest BCUT2D eigenvalue weighted by molar-refractivity contribution is 9.10. The summed E-state index contributed by atoms with van der Waals surface area (Å²) in [6.07, 6.45) is 3.30. The predicted molar refractivity (Wildman–Crippen MR) is 84.5 cm³/mol. The van der Waals surface area contributed by atoms with Crippen molar-refractivity contribution in [2.75, 3.05) is 12.4 Å². The third-order valence-corrected chi connectivity index (χ3v) is 3.80. The fourth-order valence-electron chi connectivity index (χ4n) is 1.72. The van der Waals surface area contributed by atoms with Gasteiger partial charge >= 0.3 is 5.97 Å². The molecular weight excluding hydrogens is 388 g/mol. The van der Waals surface area contributed by atoms with Crippen LogP contribution in [0.15, 0.2) is 51.7 Å². The summed E-state index contributed by atoms with van der Waals surface area (Å²) in [6, 6.07) is 8.78. The molecule has 0 saturated heterocycles. The SMILES string of the molecule is COC(=O)C(Nc1ccccc1Br)c1cncc(Br)c1. The molecule has 0 fully saturated rings. The van der Waals surface area contributed by atoms with E-state index in [4.69, 9.17) is 4.74 Å². The fraction of sp³-hybridized carbons (Fsp3) is 0.143. The lowest BCUT2D eigenvalue weighted by molar-refractivity contribution is -0.141. The first-order chi connectivity index (χ1) is 9.61. The second-order valence-electron chi connectivity index (χ2n) is 4.02. The largest absolute Gasteiger partial charge is 0.467 e. The standard InChI is InChI=1S/C14H12Br2N2O2/c1-20-14(19)13(9-6-10(15)8-17-7-9)18-12-5-3-2-4-11(12)16/h2-8,13,18H,1H3. The van der Waals surface area contributed by atoms with Crippen LogP contribution in [-0.4, -0.2) is 18.1 Å². The van der Waals surface area contributed by atoms with Gasteiger partial charge < -0.3 is 10.1 Å². The number of pyridine rings is 1. The van der Waals surface area contributed by atoms with Crippen LogP contribution in [-0.2, 0) is 9.53 Å². The van der Waals surface area contributed by atoms with Crippen LogP contribution in [0.2, 0.25) is 0 Å². The van der Waals surface area contributed by atoms with E-state index in [1.165, 1.54) is 7.11 Å². The first-order valence-corrected chi connectivity index (χ1v) is 7.39. The lowest BCUT2D eigenvalue weighted by Gasteiger charge is -2.18. The van der Waals surface area contributed by atoms with Gasteiger partial charge in [0.05, 0.1) is 7.11 Å². The fourth-order valence-corrected chi connectivity index (χ4v) is 2.50. The number of hydrogen-bond acceptors (Lipinski definition) is 4. The minimum Gasteiger partial charge on any atom is -0.467 e. The lowest BCUT2D eigenvalue weighted by Crippen LogP contribution is -2.22. The molecule has 4 nitrogen and oxygen atoms in total. The average Bonchev–Trinajstić information content (AvgIpc) is 2.45. The van der Waals surface area contributed by atoms with E-state index >= 15 is 0 Å². The minimum atomic E-state index is -0.622. The van der Waals surface area contributed by atoms with Crippen LogP contribution in [0.5, 0.6) is 0 Å². The summed E-state index contributed by atoms with van der Waals surface area (Å²) in [5, 5.41) is 3.16. The molecule has 1 heterocycles. The number of aromatic nitrogens is 1. The number of para-hydroxylation sites is 1. The van der Waals surface area contributed by atoms with Crippen LogP contribution < -0.4 is 5.32 Å². The third kappa shape index (κ3) is 3.58. The number of nitrogens with one attached hydrogen (secondary N) is 1. The zero-order valence-corrected chi connectivity index (χ0v) is 13.8. The average molecular weight is 400 g/mol. The van der Waals surface area contributed by atoms with Gasteiger partial charge in [-0.05, 0) is 50.1 Å². The number of carbonyl (C=O) groups is 1. The van der Waals surface area contributed by atoms with E-state index in [0.29, 0.717) is 0 Å². The maximum Gasteiger partial charge on any atom is 0.333 e. The molecule has 0 aliphatic heterocycles. The van der Waals surface area contributed by atoms with Gasteiger partial charge in [-0.15, -0.1) is 0 Å². The Bertz CT molecular complexity index is 620. The van der Waals surface area contributed by atoms with E-state index in [9.17, 15) is 4.79 Å². The smallest absolute Gasteiger partial charge is 0.333 e. The molecule has 0 saturated carbocycles. The van der Waals surface area contributed by atoms with Gasteiger partial charge in [0.1, 0.15) is 0 Å². The van der Waals surface area contributed by atoms with Gasteiger partial charge in [0.15, 0.2) is 6.04 Å². The van der Waals surface area contributed by atoms with Crippen LogP contribution >= 0.6 is 31.9 Å². The molecule has 1 atom stereocenters. The lowest BCUT2D eigenvalue weighted by atomic mass is 10.1. The third-order valence-electron chi connectivity index (χ3n) is 2.67. The number of halogens is 2. The van der Waals surface area contributed by atoms with Crippen molar-refractivity contribution in [2.24, 2.45) is 0 Å². The number of nitrogens with zero attached hydrogens (tertiary/aromatic N) is 1. The number of rotatable bonds is 4. The summed E-state index contributed by atoms with van der Waals surface area (Å²) in [5.74, 6) is -0.374. The van der Waals surface area contributed by atoms with Crippen molar-refractivity contribution < 1.29 is 9.53 Å². The molecule has 1 aromatic heterocycles. The number of hydrogen-bond donors (Lipinski definition) is 1. The minimum absolute atomic E-state index is 0.374. The van der Waals surface area contributed by atoms with Gasteiger partial charge in [-0.25, -0.2) is 4.79 Å². The van der Waals surface area contributed by atoms with Gasteiger partial charge in [0, 0.05) is 32.6 Å². The highest BCUT2D eigenvalue weighted by Crippen LogP contribution is 2.27. The van der Waals surface area contributed by atoms with Crippen LogP contribution in [0.1, 0.15) is 11.6 Å². The molecule has 1 N–H and O–H groups in total. The topological polar surface area (TPSA) is 51.2 Å². The van der Waals surface area contributed by atoms with Crippen molar-refractivity contribution in [1.29, 1.82) is 0 Å². The molecule has 0 aliphatic carbocycles. The zero-order chi connectivity index (χ0) is 14.5. The molecule has 0 spiro atoms. The Hall–Kier alpha value is -1.40. The first kappa shape index (κ1) is 15.0. The summed E-state index contributed by atoms with van der Waals surface area (Å²) in [4.78, 5) is 16.1. The number of ether oxygens (including phenoxy) is 1. The van der Waals surface area contributed by atoms with Gasteiger partial charge in [0.25, 0.3) is 0 Å². The second kappa shape index (κ2) is 6.85. The monoisotopic (exact) mass is 398 g/mol. The van der Waals surface area contributed by atoms with E-state index in [1.54, 1.807) is 12.4 Å². The van der Waals surface area contributed by atoms with Crippen molar-refractivity contribution in [1.82, 2.24) is 4.98 Å². The molecule has 104 valence electrons. The van der Waals surface area contributed by atoms with Gasteiger partial charge in [-0.3, -0.25) is 4.98 Å². The Morgan fingerprint density at radius 3 is 2.70 bits per heavy atom. The summed E-state index contributed by atoms with van der Waals surface area (Å²) in [5.41, 5.74) is 1.53. The molecule has 0 amide bonds. The molecule has 2 aromatic rings. The Morgan fingerprint density at radius 2 is 2.05 bits per heavy atom. The normalized spacial score (nSPS) is 11.8. The number of methoxy groups -OCH3 is 1. The maximum atomic E-state index is 12.0. The summed E-state index contributed by atoms with van der Waals surface area (Å²) in [7, 11) is 1.36. The molecular formula is C14H12Br2N2O2. The van der Waals surface area contributed by atoms with Gasteiger partial charge in [-0.1, -0.05) is 12.1 Å².